The molecular weight excluding hydrogens is 851 g/mol. The summed E-state index contributed by atoms with van der Waals surface area (Å²) in [6.07, 6.45) is 20.8. The molecule has 0 amide bonds. The summed E-state index contributed by atoms with van der Waals surface area (Å²) in [4.78, 5) is 46.3. The molecule has 0 spiro atoms. The molecule has 3 aliphatic carbocycles. The Balaban J connectivity index is 0.000000223. The fourth-order valence-corrected chi connectivity index (χ4v) is 11.2. The lowest BCUT2D eigenvalue weighted by Gasteiger charge is -2.15. The van der Waals surface area contributed by atoms with E-state index in [0.29, 0.717) is 25.6 Å². The van der Waals surface area contributed by atoms with Gasteiger partial charge in [0.15, 0.2) is 0 Å². The summed E-state index contributed by atoms with van der Waals surface area (Å²) in [5.74, 6) is -4.52. The van der Waals surface area contributed by atoms with Crippen LogP contribution in [0.15, 0.2) is 117 Å². The van der Waals surface area contributed by atoms with Crippen LogP contribution in [0.1, 0.15) is 138 Å². The maximum absolute atomic E-state index is 11.1. The van der Waals surface area contributed by atoms with Crippen molar-refractivity contribution in [3.8, 4) is 0 Å². The van der Waals surface area contributed by atoms with Crippen molar-refractivity contribution in [2.45, 2.75) is 134 Å². The van der Waals surface area contributed by atoms with Crippen LogP contribution in [0, 0.1) is 0 Å². The summed E-state index contributed by atoms with van der Waals surface area (Å²) in [6, 6.07) is 28.2. The summed E-state index contributed by atoms with van der Waals surface area (Å²) < 4.78 is 0. The van der Waals surface area contributed by atoms with Gasteiger partial charge >= 0.3 is 11.9 Å². The first-order valence-corrected chi connectivity index (χ1v) is 25.0. The molecule has 4 aromatic carbocycles. The van der Waals surface area contributed by atoms with Gasteiger partial charge in [-0.1, -0.05) is 136 Å². The van der Waals surface area contributed by atoms with E-state index in [-0.39, 0.29) is 22.3 Å². The number of aromatic carboxylic acids is 4. The van der Waals surface area contributed by atoms with Gasteiger partial charge in [0.2, 0.25) is 0 Å². The predicted molar refractivity (Wildman–Crippen MR) is 242 cm³/mol. The third kappa shape index (κ3) is 20.2. The molecule has 4 aromatic rings. The second kappa shape index (κ2) is 29.4. The van der Waals surface area contributed by atoms with Gasteiger partial charge in [-0.2, -0.15) is 0 Å². The molecule has 0 heterocycles. The number of benzene rings is 4. The topological polar surface area (TPSA) is 236 Å². The van der Waals surface area contributed by atoms with Crippen LogP contribution in [-0.4, -0.2) is 52.2 Å². The molecule has 0 bridgehead atoms. The van der Waals surface area contributed by atoms with Gasteiger partial charge in [0.05, 0.1) is 35.1 Å². The Morgan fingerprint density at radius 3 is 0.902 bits per heavy atom. The van der Waals surface area contributed by atoms with Crippen LogP contribution in [0.3, 0.4) is 0 Å². The predicted octanol–water partition coefficient (Wildman–Crippen LogP) is 7.50. The van der Waals surface area contributed by atoms with E-state index < -0.39 is 23.9 Å². The van der Waals surface area contributed by atoms with Gasteiger partial charge in [0.25, 0.3) is 0 Å². The van der Waals surface area contributed by atoms with Crippen LogP contribution in [0.2, 0.25) is 0 Å². The molecule has 7 rings (SSSR count). The van der Waals surface area contributed by atoms with Gasteiger partial charge in [-0.25, -0.2) is 9.59 Å². The van der Waals surface area contributed by atoms with Crippen LogP contribution in [0.5, 0.6) is 0 Å². The number of nitrogens with two attached hydrogens (primary N) is 1. The van der Waals surface area contributed by atoms with Crippen molar-refractivity contribution >= 4 is 67.1 Å². The number of carboxylic acid groups (broad SMARTS) is 4. The minimum absolute atomic E-state index is 0.0796. The monoisotopic (exact) mass is 909 g/mol. The normalized spacial score (nSPS) is 15.4. The van der Waals surface area contributed by atoms with Gasteiger partial charge in [-0.15, -0.1) is 0 Å². The van der Waals surface area contributed by atoms with E-state index in [1.54, 1.807) is 72.8 Å². The van der Waals surface area contributed by atoms with Crippen LogP contribution < -0.4 is 27.4 Å². The van der Waals surface area contributed by atoms with Crippen molar-refractivity contribution in [2.24, 2.45) is 5.73 Å². The van der Waals surface area contributed by atoms with E-state index >= 15 is 0 Å². The lowest BCUT2D eigenvalue weighted by molar-refractivity contribution is -0.425. The van der Waals surface area contributed by atoms with Crippen molar-refractivity contribution in [3.05, 3.63) is 119 Å². The van der Waals surface area contributed by atoms with E-state index in [4.69, 9.17) is 15.9 Å². The molecule has 0 unspecified atom stereocenters. The fraction of sp³-hybridized carbons (Fsp3) is 0.391. The van der Waals surface area contributed by atoms with E-state index in [1.165, 1.54) is 142 Å². The number of carbonyl (C=O) groups is 4. The summed E-state index contributed by atoms with van der Waals surface area (Å²) >= 11 is 0. The fourth-order valence-electron chi connectivity index (χ4n) is 6.54. The van der Waals surface area contributed by atoms with Gasteiger partial charge in [-0.3, -0.25) is 0 Å². The van der Waals surface area contributed by atoms with Crippen molar-refractivity contribution in [3.63, 3.8) is 0 Å². The quantitative estimate of drug-likeness (QED) is 0.0971. The van der Waals surface area contributed by atoms with Gasteiger partial charge < -0.3 is 47.2 Å². The van der Waals surface area contributed by atoms with Crippen LogP contribution >= 0.6 is 43.2 Å². The highest BCUT2D eigenvalue weighted by Gasteiger charge is 2.14. The number of quaternary nitrogens is 2. The molecule has 15 heteroatoms. The second-order valence-corrected chi connectivity index (χ2v) is 19.3. The van der Waals surface area contributed by atoms with E-state index in [0.717, 1.165) is 33.7 Å². The molecule has 10 N–H and O–H groups in total. The number of hydrogen-bond donors (Lipinski definition) is 5. The Labute approximate surface area is 375 Å². The number of carboxylic acids is 4. The Bertz CT molecular complexity index is 1680. The molecular formula is C46H59N3O8S4. The lowest BCUT2D eigenvalue weighted by Crippen LogP contribution is -2.61. The standard InChI is InChI=1S/2C14H10O4S2.3C6H13N/c2*15-13(16)9-5-1-3-7-11(9)19-20-12-8-4-2-6-10(12)14(17)18;3*7-6-4-2-1-3-5-6/h2*1-8H,(H,15,16)(H,17,18);3*6H,1-5,7H2. The first-order valence-electron chi connectivity index (χ1n) is 20.7. The number of carbonyl (C=O) groups excluding carboxylic acids is 2. The maximum atomic E-state index is 11.1. The summed E-state index contributed by atoms with van der Waals surface area (Å²) in [5.41, 5.74) is 14.2. The summed E-state index contributed by atoms with van der Waals surface area (Å²) in [7, 11) is 4.79. The molecule has 61 heavy (non-hydrogen) atoms. The molecule has 3 aliphatic rings. The number of rotatable bonds is 10. The molecule has 0 radical (unpaired) electrons. The zero-order valence-electron chi connectivity index (χ0n) is 34.5. The zero-order chi connectivity index (χ0) is 44.4. The minimum Gasteiger partial charge on any atom is -0.545 e. The molecule has 3 fully saturated rings. The van der Waals surface area contributed by atoms with Crippen LogP contribution in [0.4, 0.5) is 0 Å². The molecule has 3 saturated carbocycles. The SMILES string of the molecule is NC1CCCCC1.O=C(O)c1ccccc1SSc1ccccc1C(=O)O.O=C([O-])c1ccccc1SSc1ccccc1C(=O)[O-].[NH3+]C1CCCCC1.[NH3+]C1CCCCC1. The first-order chi connectivity index (χ1) is 29.4. The Hall–Kier alpha value is -3.96. The lowest BCUT2D eigenvalue weighted by atomic mass is 9.97. The van der Waals surface area contributed by atoms with Gasteiger partial charge in [0, 0.05) is 36.8 Å². The molecule has 330 valence electrons. The second-order valence-electron chi connectivity index (χ2n) is 14.9. The van der Waals surface area contributed by atoms with Gasteiger partial charge in [-0.05, 0) is 101 Å². The first kappa shape index (κ1) is 51.4. The maximum Gasteiger partial charge on any atom is 0.336 e. The van der Waals surface area contributed by atoms with Gasteiger partial charge in [0.1, 0.15) is 0 Å². The van der Waals surface area contributed by atoms with Crippen LogP contribution in [0.25, 0.3) is 0 Å². The molecule has 0 atom stereocenters. The highest BCUT2D eigenvalue weighted by atomic mass is 33.1. The third-order valence-electron chi connectivity index (χ3n) is 9.99. The van der Waals surface area contributed by atoms with Crippen molar-refractivity contribution in [1.82, 2.24) is 0 Å². The summed E-state index contributed by atoms with van der Waals surface area (Å²) in [5, 5.41) is 40.1. The Kier molecular flexibility index (Phi) is 24.7. The number of hydrogen-bond acceptors (Lipinski definition) is 11. The average molecular weight is 910 g/mol. The van der Waals surface area contributed by atoms with Crippen molar-refractivity contribution in [2.75, 3.05) is 0 Å². The zero-order valence-corrected chi connectivity index (χ0v) is 37.8. The Morgan fingerprint density at radius 2 is 0.689 bits per heavy atom. The highest BCUT2D eigenvalue weighted by molar-refractivity contribution is 8.77. The Morgan fingerprint density at radius 1 is 0.443 bits per heavy atom. The molecule has 0 saturated heterocycles. The van der Waals surface area contributed by atoms with E-state index in [9.17, 15) is 29.4 Å². The van der Waals surface area contributed by atoms with Crippen LogP contribution in [-0.2, 0) is 0 Å². The van der Waals surface area contributed by atoms with Crippen molar-refractivity contribution < 1.29 is 51.1 Å². The summed E-state index contributed by atoms with van der Waals surface area (Å²) in [6.45, 7) is 0. The van der Waals surface area contributed by atoms with E-state index in [2.05, 4.69) is 11.5 Å². The third-order valence-corrected chi connectivity index (χ3v) is 15.0. The average Bonchev–Trinajstić information content (AvgIpc) is 3.27. The smallest absolute Gasteiger partial charge is 0.336 e. The molecule has 0 aliphatic heterocycles. The minimum atomic E-state index is -1.26. The highest BCUT2D eigenvalue weighted by Crippen LogP contribution is 2.41. The molecule has 0 aromatic heterocycles. The molecule has 11 nitrogen and oxygen atoms in total. The largest absolute Gasteiger partial charge is 0.545 e. The van der Waals surface area contributed by atoms with Crippen molar-refractivity contribution in [1.29, 1.82) is 0 Å². The van der Waals surface area contributed by atoms with E-state index in [1.807, 2.05) is 0 Å².